The minimum atomic E-state index is -4.57. The van der Waals surface area contributed by atoms with Gasteiger partial charge in [-0.1, -0.05) is 23.2 Å². The van der Waals surface area contributed by atoms with Crippen LogP contribution in [0.5, 0.6) is 0 Å². The van der Waals surface area contributed by atoms with E-state index >= 15 is 0 Å². The van der Waals surface area contributed by atoms with Gasteiger partial charge in [-0.15, -0.1) is 0 Å². The van der Waals surface area contributed by atoms with Gasteiger partial charge in [0, 0.05) is 16.9 Å². The lowest BCUT2D eigenvalue weighted by Gasteiger charge is -2.09. The number of hydrogen-bond acceptors (Lipinski definition) is 3. The van der Waals surface area contributed by atoms with Crippen molar-refractivity contribution in [2.24, 2.45) is 0 Å². The highest BCUT2D eigenvalue weighted by Gasteiger charge is 2.34. The predicted molar refractivity (Wildman–Crippen MR) is 66.8 cm³/mol. The highest BCUT2D eigenvalue weighted by Crippen LogP contribution is 2.33. The zero-order chi connectivity index (χ0) is 14.0. The Morgan fingerprint density at radius 2 is 1.68 bits per heavy atom. The van der Waals surface area contributed by atoms with Gasteiger partial charge in [0.2, 0.25) is 5.95 Å². The molecule has 19 heavy (non-hydrogen) atoms. The zero-order valence-corrected chi connectivity index (χ0v) is 10.7. The Morgan fingerprint density at radius 1 is 1.05 bits per heavy atom. The van der Waals surface area contributed by atoms with Gasteiger partial charge in [0.25, 0.3) is 0 Å². The quantitative estimate of drug-likeness (QED) is 0.827. The van der Waals surface area contributed by atoms with Crippen LogP contribution in [0.25, 0.3) is 0 Å². The summed E-state index contributed by atoms with van der Waals surface area (Å²) in [6.07, 6.45) is -3.94. The van der Waals surface area contributed by atoms with Gasteiger partial charge in [0.05, 0.1) is 0 Å². The average molecular weight is 308 g/mol. The number of hydrogen-bond donors (Lipinski definition) is 1. The van der Waals surface area contributed by atoms with E-state index in [4.69, 9.17) is 23.2 Å². The summed E-state index contributed by atoms with van der Waals surface area (Å²) in [6, 6.07) is 6.51. The number of rotatable bonds is 2. The Kier molecular flexibility index (Phi) is 3.82. The number of benzene rings is 1. The Bertz CT molecular complexity index is 585. The minimum absolute atomic E-state index is 0.0275. The Hall–Kier alpha value is -1.53. The van der Waals surface area contributed by atoms with Gasteiger partial charge in [-0.3, -0.25) is 0 Å². The van der Waals surface area contributed by atoms with Crippen LogP contribution in [0.4, 0.5) is 24.8 Å². The van der Waals surface area contributed by atoms with Crippen molar-refractivity contribution < 1.29 is 13.2 Å². The molecule has 1 N–H and O–H groups in total. The van der Waals surface area contributed by atoms with Crippen LogP contribution in [0.2, 0.25) is 10.2 Å². The van der Waals surface area contributed by atoms with E-state index in [-0.39, 0.29) is 5.95 Å². The lowest BCUT2D eigenvalue weighted by atomic mass is 10.3. The lowest BCUT2D eigenvalue weighted by molar-refractivity contribution is -0.137. The van der Waals surface area contributed by atoms with Crippen molar-refractivity contribution in [3.05, 3.63) is 46.2 Å². The molecule has 0 aliphatic heterocycles. The molecule has 3 nitrogen and oxygen atoms in total. The Labute approximate surface area is 116 Å². The van der Waals surface area contributed by atoms with Crippen molar-refractivity contribution in [1.29, 1.82) is 0 Å². The second-order valence-electron chi connectivity index (χ2n) is 3.53. The molecule has 0 saturated heterocycles. The maximum atomic E-state index is 12.5. The highest BCUT2D eigenvalue weighted by atomic mass is 35.5. The van der Waals surface area contributed by atoms with Gasteiger partial charge >= 0.3 is 6.18 Å². The van der Waals surface area contributed by atoms with Crippen LogP contribution in [0.3, 0.4) is 0 Å². The molecule has 1 heterocycles. The molecule has 0 saturated carbocycles. The second-order valence-corrected chi connectivity index (χ2v) is 4.32. The number of anilines is 2. The molecule has 0 aliphatic carbocycles. The van der Waals surface area contributed by atoms with Crippen LogP contribution in [-0.4, -0.2) is 9.97 Å². The lowest BCUT2D eigenvalue weighted by Crippen LogP contribution is -2.09. The van der Waals surface area contributed by atoms with Crippen LogP contribution < -0.4 is 5.32 Å². The van der Waals surface area contributed by atoms with E-state index < -0.39 is 16.9 Å². The van der Waals surface area contributed by atoms with Crippen LogP contribution in [-0.2, 0) is 6.18 Å². The number of halogens is 5. The normalized spacial score (nSPS) is 11.4. The molecule has 8 heteroatoms. The maximum absolute atomic E-state index is 12.5. The smallest absolute Gasteiger partial charge is 0.324 e. The first-order valence-electron chi connectivity index (χ1n) is 4.98. The van der Waals surface area contributed by atoms with Crippen molar-refractivity contribution in [1.82, 2.24) is 9.97 Å². The van der Waals surface area contributed by atoms with Gasteiger partial charge in [0.1, 0.15) is 10.7 Å². The van der Waals surface area contributed by atoms with E-state index in [1.54, 1.807) is 24.3 Å². The average Bonchev–Trinajstić information content (AvgIpc) is 2.30. The zero-order valence-electron chi connectivity index (χ0n) is 9.17. The Morgan fingerprint density at radius 3 is 2.21 bits per heavy atom. The molecular formula is C11H6Cl2F3N3. The molecule has 1 aromatic carbocycles. The molecule has 0 radical (unpaired) electrons. The van der Waals surface area contributed by atoms with E-state index in [9.17, 15) is 13.2 Å². The number of nitrogens with zero attached hydrogens (tertiary/aromatic N) is 2. The molecule has 2 rings (SSSR count). The number of aromatic nitrogens is 2. The molecule has 0 unspecified atom stereocenters. The van der Waals surface area contributed by atoms with Gasteiger partial charge in [-0.2, -0.15) is 13.2 Å². The topological polar surface area (TPSA) is 37.8 Å². The van der Waals surface area contributed by atoms with Crippen LogP contribution in [0, 0.1) is 0 Å². The van der Waals surface area contributed by atoms with E-state index in [0.29, 0.717) is 16.9 Å². The van der Waals surface area contributed by atoms with E-state index in [0.717, 1.165) is 0 Å². The third kappa shape index (κ3) is 3.48. The SMILES string of the molecule is FC(F)(F)c1cnc(Nc2ccc(Cl)cc2)nc1Cl. The van der Waals surface area contributed by atoms with Crippen LogP contribution in [0.15, 0.2) is 30.5 Å². The van der Waals surface area contributed by atoms with Crippen molar-refractivity contribution in [2.45, 2.75) is 6.18 Å². The summed E-state index contributed by atoms with van der Waals surface area (Å²) < 4.78 is 37.4. The third-order valence-corrected chi connectivity index (χ3v) is 2.69. The molecule has 0 spiro atoms. The maximum Gasteiger partial charge on any atom is 0.420 e. The Balaban J connectivity index is 2.23. The fourth-order valence-electron chi connectivity index (χ4n) is 1.27. The standard InChI is InChI=1S/C11H6Cl2F3N3/c12-6-1-3-7(4-2-6)18-10-17-5-8(9(13)19-10)11(14,15)16/h1-5H,(H,17,18,19). The van der Waals surface area contributed by atoms with E-state index in [2.05, 4.69) is 15.3 Å². The highest BCUT2D eigenvalue weighted by molar-refractivity contribution is 6.30. The molecule has 0 aliphatic rings. The first-order chi connectivity index (χ1) is 8.86. The fourth-order valence-corrected chi connectivity index (χ4v) is 1.64. The first kappa shape index (κ1) is 13.9. The molecule has 1 aromatic heterocycles. The summed E-state index contributed by atoms with van der Waals surface area (Å²) in [7, 11) is 0. The monoisotopic (exact) mass is 307 g/mol. The molecule has 0 amide bonds. The van der Waals surface area contributed by atoms with Gasteiger partial charge in [0.15, 0.2) is 0 Å². The van der Waals surface area contributed by atoms with Crippen molar-refractivity contribution in [2.75, 3.05) is 5.32 Å². The molecule has 0 fully saturated rings. The number of nitrogens with one attached hydrogen (secondary N) is 1. The minimum Gasteiger partial charge on any atom is -0.324 e. The fraction of sp³-hybridized carbons (Fsp3) is 0.0909. The molecule has 100 valence electrons. The van der Waals surface area contributed by atoms with Gasteiger partial charge < -0.3 is 5.32 Å². The molecule has 0 bridgehead atoms. The summed E-state index contributed by atoms with van der Waals surface area (Å²) >= 11 is 11.2. The molecule has 0 atom stereocenters. The molecular weight excluding hydrogens is 302 g/mol. The van der Waals surface area contributed by atoms with Crippen molar-refractivity contribution in [3.63, 3.8) is 0 Å². The van der Waals surface area contributed by atoms with E-state index in [1.807, 2.05) is 0 Å². The first-order valence-corrected chi connectivity index (χ1v) is 5.74. The predicted octanol–water partition coefficient (Wildman–Crippen LogP) is 4.55. The van der Waals surface area contributed by atoms with Crippen molar-refractivity contribution >= 4 is 34.8 Å². The van der Waals surface area contributed by atoms with Gasteiger partial charge in [-0.05, 0) is 24.3 Å². The summed E-state index contributed by atoms with van der Waals surface area (Å²) in [5.74, 6) is -0.0275. The summed E-state index contributed by atoms with van der Waals surface area (Å²) in [6.45, 7) is 0. The summed E-state index contributed by atoms with van der Waals surface area (Å²) in [4.78, 5) is 7.11. The van der Waals surface area contributed by atoms with E-state index in [1.165, 1.54) is 0 Å². The van der Waals surface area contributed by atoms with Crippen LogP contribution >= 0.6 is 23.2 Å². The summed E-state index contributed by atoms with van der Waals surface area (Å²) in [5, 5.41) is 2.60. The van der Waals surface area contributed by atoms with Crippen LogP contribution in [0.1, 0.15) is 5.56 Å². The largest absolute Gasteiger partial charge is 0.420 e. The molecule has 2 aromatic rings. The third-order valence-electron chi connectivity index (χ3n) is 2.15. The second kappa shape index (κ2) is 5.22. The van der Waals surface area contributed by atoms with Gasteiger partial charge in [-0.25, -0.2) is 9.97 Å². The van der Waals surface area contributed by atoms with Crippen molar-refractivity contribution in [3.8, 4) is 0 Å². The number of alkyl halides is 3. The summed E-state index contributed by atoms with van der Waals surface area (Å²) in [5.41, 5.74) is -0.490.